The fraction of sp³-hybridized carbons (Fsp3) is 0.700. The molecule has 1 aromatic heterocycles. The summed E-state index contributed by atoms with van der Waals surface area (Å²) in [7, 11) is -2.05. The van der Waals surface area contributed by atoms with E-state index in [1.807, 2.05) is 12.3 Å². The highest BCUT2D eigenvalue weighted by molar-refractivity contribution is 7.87. The minimum absolute atomic E-state index is 0.0267. The van der Waals surface area contributed by atoms with Gasteiger partial charge in [-0.05, 0) is 20.3 Å². The van der Waals surface area contributed by atoms with Gasteiger partial charge in [0, 0.05) is 31.3 Å². The third-order valence-corrected chi connectivity index (χ3v) is 5.17. The van der Waals surface area contributed by atoms with Crippen LogP contribution in [0, 0.1) is 6.92 Å². The molecule has 6 nitrogen and oxygen atoms in total. The molecule has 0 radical (unpaired) electrons. The molecule has 1 heterocycles. The molecule has 8 heteroatoms. The van der Waals surface area contributed by atoms with Gasteiger partial charge in [0.05, 0.1) is 6.04 Å². The first kappa shape index (κ1) is 15.5. The van der Waals surface area contributed by atoms with Crippen molar-refractivity contribution in [1.82, 2.24) is 14.0 Å². The summed E-state index contributed by atoms with van der Waals surface area (Å²) < 4.78 is 27.6. The number of nitrogens with one attached hydrogen (secondary N) is 1. The van der Waals surface area contributed by atoms with E-state index in [2.05, 4.69) is 9.71 Å². The van der Waals surface area contributed by atoms with Crippen LogP contribution in [0.25, 0.3) is 0 Å². The molecule has 0 aliphatic carbocycles. The molecule has 0 spiro atoms. The van der Waals surface area contributed by atoms with Crippen LogP contribution in [0.1, 0.15) is 30.1 Å². The van der Waals surface area contributed by atoms with Gasteiger partial charge >= 0.3 is 0 Å². The minimum atomic E-state index is -3.53. The third-order valence-electron chi connectivity index (χ3n) is 2.37. The maximum absolute atomic E-state index is 11.9. The predicted octanol–water partition coefficient (Wildman–Crippen LogP) is 0.661. The number of hydrogen-bond acceptors (Lipinski definition) is 5. The number of hydrogen-bond donors (Lipinski definition) is 2. The van der Waals surface area contributed by atoms with Crippen molar-refractivity contribution >= 4 is 21.5 Å². The molecule has 18 heavy (non-hydrogen) atoms. The molecule has 0 saturated carbocycles. The highest BCUT2D eigenvalue weighted by atomic mass is 32.2. The lowest BCUT2D eigenvalue weighted by Gasteiger charge is -2.19. The average molecular weight is 293 g/mol. The predicted molar refractivity (Wildman–Crippen MR) is 71.7 cm³/mol. The Kier molecular flexibility index (Phi) is 5.67. The van der Waals surface area contributed by atoms with E-state index in [1.54, 1.807) is 6.92 Å². The summed E-state index contributed by atoms with van der Waals surface area (Å²) in [6.07, 6.45) is 0.419. The van der Waals surface area contributed by atoms with Gasteiger partial charge in [0.1, 0.15) is 5.01 Å². The van der Waals surface area contributed by atoms with E-state index in [0.717, 1.165) is 10.7 Å². The molecule has 104 valence electrons. The second kappa shape index (κ2) is 6.58. The highest BCUT2D eigenvalue weighted by Gasteiger charge is 2.21. The van der Waals surface area contributed by atoms with Crippen LogP contribution in [0.4, 0.5) is 0 Å². The second-order valence-electron chi connectivity index (χ2n) is 4.07. The first-order chi connectivity index (χ1) is 8.36. The van der Waals surface area contributed by atoms with E-state index in [9.17, 15) is 8.42 Å². The van der Waals surface area contributed by atoms with Crippen LogP contribution in [-0.4, -0.2) is 43.0 Å². The lowest BCUT2D eigenvalue weighted by atomic mass is 10.4. The Morgan fingerprint density at radius 2 is 2.28 bits per heavy atom. The minimum Gasteiger partial charge on any atom is -0.396 e. The summed E-state index contributed by atoms with van der Waals surface area (Å²) in [5.74, 6) is 0. The summed E-state index contributed by atoms with van der Waals surface area (Å²) in [4.78, 5) is 4.25. The van der Waals surface area contributed by atoms with E-state index in [0.29, 0.717) is 6.42 Å². The summed E-state index contributed by atoms with van der Waals surface area (Å²) in [6, 6.07) is -0.356. The van der Waals surface area contributed by atoms with Gasteiger partial charge < -0.3 is 5.11 Å². The molecular formula is C10H19N3O3S2. The van der Waals surface area contributed by atoms with Crippen molar-refractivity contribution in [3.05, 3.63) is 16.1 Å². The molecule has 0 saturated heterocycles. The molecule has 1 rings (SSSR count). The maximum atomic E-state index is 11.9. The van der Waals surface area contributed by atoms with Crippen LogP contribution >= 0.6 is 11.3 Å². The fourth-order valence-electron chi connectivity index (χ4n) is 1.35. The topological polar surface area (TPSA) is 82.5 Å². The largest absolute Gasteiger partial charge is 0.396 e. The van der Waals surface area contributed by atoms with Gasteiger partial charge in [-0.15, -0.1) is 11.3 Å². The van der Waals surface area contributed by atoms with Gasteiger partial charge in [-0.2, -0.15) is 17.4 Å². The number of aliphatic hydroxyl groups is 1. The van der Waals surface area contributed by atoms with E-state index in [1.165, 1.54) is 22.7 Å². The van der Waals surface area contributed by atoms with Crippen LogP contribution in [0.5, 0.6) is 0 Å². The molecule has 0 bridgehead atoms. The third kappa shape index (κ3) is 4.29. The first-order valence-corrected chi connectivity index (χ1v) is 7.95. The summed E-state index contributed by atoms with van der Waals surface area (Å²) in [5, 5.41) is 11.3. The Bertz CT molecular complexity index is 472. The van der Waals surface area contributed by atoms with Crippen molar-refractivity contribution in [1.29, 1.82) is 0 Å². The van der Waals surface area contributed by atoms with Crippen LogP contribution in [-0.2, 0) is 10.2 Å². The highest BCUT2D eigenvalue weighted by Crippen LogP contribution is 2.18. The Hall–Kier alpha value is -0.540. The number of aromatic nitrogens is 1. The summed E-state index contributed by atoms with van der Waals surface area (Å²) in [6.45, 7) is 3.89. The fourth-order valence-corrected chi connectivity index (χ4v) is 3.33. The number of thiazole rings is 1. The Morgan fingerprint density at radius 3 is 2.78 bits per heavy atom. The molecule has 0 amide bonds. The van der Waals surface area contributed by atoms with Crippen molar-refractivity contribution in [2.75, 3.05) is 20.2 Å². The number of nitrogens with zero attached hydrogens (tertiary/aromatic N) is 2. The van der Waals surface area contributed by atoms with Crippen molar-refractivity contribution in [2.24, 2.45) is 0 Å². The Labute approximate surface area is 112 Å². The molecule has 1 unspecified atom stereocenters. The zero-order valence-corrected chi connectivity index (χ0v) is 12.4. The van der Waals surface area contributed by atoms with Crippen LogP contribution < -0.4 is 4.72 Å². The molecular weight excluding hydrogens is 274 g/mol. The van der Waals surface area contributed by atoms with Crippen molar-refractivity contribution in [3.63, 3.8) is 0 Å². The molecule has 0 fully saturated rings. The van der Waals surface area contributed by atoms with Gasteiger partial charge in [0.25, 0.3) is 10.2 Å². The van der Waals surface area contributed by atoms with Crippen molar-refractivity contribution in [3.8, 4) is 0 Å². The van der Waals surface area contributed by atoms with E-state index < -0.39 is 10.2 Å². The second-order valence-corrected chi connectivity index (χ2v) is 6.77. The van der Waals surface area contributed by atoms with E-state index in [-0.39, 0.29) is 19.2 Å². The molecule has 2 N–H and O–H groups in total. The van der Waals surface area contributed by atoms with Crippen molar-refractivity contribution in [2.45, 2.75) is 26.3 Å². The molecule has 0 aliphatic heterocycles. The number of rotatable bonds is 7. The van der Waals surface area contributed by atoms with Crippen LogP contribution in [0.3, 0.4) is 0 Å². The zero-order valence-electron chi connectivity index (χ0n) is 10.8. The van der Waals surface area contributed by atoms with Crippen LogP contribution in [0.2, 0.25) is 0 Å². The average Bonchev–Trinajstić information content (AvgIpc) is 2.72. The lowest BCUT2D eigenvalue weighted by molar-refractivity contribution is 0.275. The van der Waals surface area contributed by atoms with Gasteiger partial charge in [-0.3, -0.25) is 0 Å². The first-order valence-electron chi connectivity index (χ1n) is 5.63. The maximum Gasteiger partial charge on any atom is 0.279 e. The molecule has 1 aromatic rings. The van der Waals surface area contributed by atoms with Gasteiger partial charge in [-0.25, -0.2) is 4.98 Å². The summed E-state index contributed by atoms with van der Waals surface area (Å²) >= 11 is 1.43. The standard InChI is InChI=1S/C10H19N3O3S2/c1-8-7-17-10(11-8)9(2)12-18(15,16)13(3)5-4-6-14/h7,9,12,14H,4-6H2,1-3H3. The van der Waals surface area contributed by atoms with Crippen LogP contribution in [0.15, 0.2) is 5.38 Å². The quantitative estimate of drug-likeness (QED) is 0.774. The Morgan fingerprint density at radius 1 is 1.61 bits per heavy atom. The lowest BCUT2D eigenvalue weighted by Crippen LogP contribution is -2.40. The monoisotopic (exact) mass is 293 g/mol. The SMILES string of the molecule is Cc1csc(C(C)NS(=O)(=O)N(C)CCCO)n1. The Balaban J connectivity index is 2.65. The van der Waals surface area contributed by atoms with Gasteiger partial charge in [0.2, 0.25) is 0 Å². The number of aryl methyl sites for hydroxylation is 1. The van der Waals surface area contributed by atoms with Gasteiger partial charge in [0.15, 0.2) is 0 Å². The molecule has 0 aliphatic rings. The smallest absolute Gasteiger partial charge is 0.279 e. The van der Waals surface area contributed by atoms with E-state index >= 15 is 0 Å². The summed E-state index contributed by atoms with van der Waals surface area (Å²) in [5.41, 5.74) is 0.884. The van der Waals surface area contributed by atoms with Gasteiger partial charge in [-0.1, -0.05) is 0 Å². The molecule has 1 atom stereocenters. The normalized spacial score (nSPS) is 14.1. The van der Waals surface area contributed by atoms with Crippen molar-refractivity contribution < 1.29 is 13.5 Å². The number of aliphatic hydroxyl groups excluding tert-OH is 1. The molecule has 0 aromatic carbocycles. The van der Waals surface area contributed by atoms with E-state index in [4.69, 9.17) is 5.11 Å². The zero-order chi connectivity index (χ0) is 13.8.